The highest BCUT2D eigenvalue weighted by Gasteiger charge is 2.36. The lowest BCUT2D eigenvalue weighted by molar-refractivity contribution is -0.141. The zero-order valence-electron chi connectivity index (χ0n) is 20.7. The molecular weight excluding hydrogens is 408 g/mol. The van der Waals surface area contributed by atoms with E-state index >= 15 is 0 Å². The predicted octanol–water partition coefficient (Wildman–Crippen LogP) is 2.19. The van der Waals surface area contributed by atoms with Crippen LogP contribution >= 0.6 is 0 Å². The number of nitrogens with zero attached hydrogens (tertiary/aromatic N) is 3. The lowest BCUT2D eigenvalue weighted by atomic mass is 9.99. The van der Waals surface area contributed by atoms with Crippen molar-refractivity contribution in [3.63, 3.8) is 0 Å². The smallest absolute Gasteiger partial charge is 0.249 e. The molecule has 0 saturated carbocycles. The van der Waals surface area contributed by atoms with Crippen LogP contribution in [-0.2, 0) is 19.2 Å². The normalized spacial score (nSPS) is 17.3. The van der Waals surface area contributed by atoms with Gasteiger partial charge in [-0.25, -0.2) is 0 Å². The highest BCUT2D eigenvalue weighted by Crippen LogP contribution is 2.23. The molecule has 0 radical (unpaired) electrons. The van der Waals surface area contributed by atoms with E-state index in [0.29, 0.717) is 31.5 Å². The van der Waals surface area contributed by atoms with Gasteiger partial charge >= 0.3 is 0 Å². The van der Waals surface area contributed by atoms with Gasteiger partial charge in [0.05, 0.1) is 12.6 Å². The molecule has 1 rings (SSSR count). The Morgan fingerprint density at radius 2 is 1.84 bits per heavy atom. The number of carbonyl (C=O) groups excluding carboxylic acids is 4. The molecule has 1 fully saturated rings. The zero-order chi connectivity index (χ0) is 24.3. The Hall–Kier alpha value is -2.38. The van der Waals surface area contributed by atoms with Crippen molar-refractivity contribution in [2.75, 3.05) is 33.7 Å². The van der Waals surface area contributed by atoms with Crippen molar-refractivity contribution in [2.24, 2.45) is 5.92 Å². The molecule has 1 heterocycles. The largest absolute Gasteiger partial charge is 0.350 e. The van der Waals surface area contributed by atoms with Crippen molar-refractivity contribution in [2.45, 2.75) is 78.3 Å². The Morgan fingerprint density at radius 3 is 2.44 bits per heavy atom. The summed E-state index contributed by atoms with van der Waals surface area (Å²) < 4.78 is 0. The maximum atomic E-state index is 13.2. The minimum atomic E-state index is -0.421. The van der Waals surface area contributed by atoms with Crippen molar-refractivity contribution in [1.82, 2.24) is 20.0 Å². The first-order valence-corrected chi connectivity index (χ1v) is 11.8. The van der Waals surface area contributed by atoms with Gasteiger partial charge in [0.25, 0.3) is 0 Å². The second-order valence-corrected chi connectivity index (χ2v) is 9.06. The SMILES string of the molecule is CCCCCCN(C)C(=O)[C@@H]1CCCN1C(=O)C(C)=C[C@H](C(C)C)N(C)C(=O)CNC=O. The molecule has 0 spiro atoms. The number of nitrogens with one attached hydrogen (secondary N) is 1. The molecule has 0 aromatic heterocycles. The van der Waals surface area contributed by atoms with Gasteiger partial charge in [-0.15, -0.1) is 0 Å². The Bertz CT molecular complexity index is 677. The van der Waals surface area contributed by atoms with Gasteiger partial charge in [0.15, 0.2) is 0 Å². The molecule has 8 heteroatoms. The lowest BCUT2D eigenvalue weighted by Gasteiger charge is -2.31. The molecular formula is C24H42N4O4. The molecule has 1 saturated heterocycles. The fourth-order valence-corrected chi connectivity index (χ4v) is 4.13. The average molecular weight is 451 g/mol. The molecule has 1 aliphatic heterocycles. The minimum Gasteiger partial charge on any atom is -0.350 e. The van der Waals surface area contributed by atoms with Crippen LogP contribution in [0.15, 0.2) is 11.6 Å². The number of hydrogen-bond acceptors (Lipinski definition) is 4. The van der Waals surface area contributed by atoms with E-state index in [1.54, 1.807) is 34.7 Å². The third-order valence-corrected chi connectivity index (χ3v) is 6.14. The fraction of sp³-hybridized carbons (Fsp3) is 0.750. The first-order valence-electron chi connectivity index (χ1n) is 11.8. The Labute approximate surface area is 193 Å². The number of amides is 4. The predicted molar refractivity (Wildman–Crippen MR) is 126 cm³/mol. The molecule has 0 aliphatic carbocycles. The highest BCUT2D eigenvalue weighted by atomic mass is 16.2. The van der Waals surface area contributed by atoms with Crippen LogP contribution in [-0.4, -0.2) is 84.6 Å². The van der Waals surface area contributed by atoms with Crippen LogP contribution in [0.2, 0.25) is 0 Å². The fourth-order valence-electron chi connectivity index (χ4n) is 4.13. The number of hydrogen-bond donors (Lipinski definition) is 1. The highest BCUT2D eigenvalue weighted by molar-refractivity contribution is 5.97. The topological polar surface area (TPSA) is 90.0 Å². The molecule has 182 valence electrons. The van der Waals surface area contributed by atoms with E-state index in [4.69, 9.17) is 0 Å². The van der Waals surface area contributed by atoms with E-state index in [1.165, 1.54) is 6.42 Å². The van der Waals surface area contributed by atoms with Gasteiger partial charge in [-0.1, -0.05) is 46.1 Å². The van der Waals surface area contributed by atoms with Crippen LogP contribution in [0.1, 0.15) is 66.2 Å². The number of likely N-dealkylation sites (tertiary alicyclic amines) is 1. The molecule has 4 amide bonds. The van der Waals surface area contributed by atoms with Crippen LogP contribution < -0.4 is 5.32 Å². The van der Waals surface area contributed by atoms with E-state index < -0.39 is 6.04 Å². The van der Waals surface area contributed by atoms with E-state index in [0.717, 1.165) is 25.7 Å². The summed E-state index contributed by atoms with van der Waals surface area (Å²) in [5.41, 5.74) is 0.525. The Kier molecular flexibility index (Phi) is 12.0. The Balaban J connectivity index is 2.88. The molecule has 32 heavy (non-hydrogen) atoms. The van der Waals surface area contributed by atoms with Gasteiger partial charge in [0.1, 0.15) is 6.04 Å². The average Bonchev–Trinajstić information content (AvgIpc) is 3.26. The molecule has 2 atom stereocenters. The van der Waals surface area contributed by atoms with E-state index in [-0.39, 0.29) is 36.2 Å². The number of rotatable bonds is 13. The Morgan fingerprint density at radius 1 is 1.16 bits per heavy atom. The summed E-state index contributed by atoms with van der Waals surface area (Å²) in [6, 6.07) is -0.714. The van der Waals surface area contributed by atoms with Gasteiger partial charge in [-0.2, -0.15) is 0 Å². The lowest BCUT2D eigenvalue weighted by Crippen LogP contribution is -2.47. The van der Waals surface area contributed by atoms with Gasteiger partial charge < -0.3 is 20.0 Å². The van der Waals surface area contributed by atoms with Crippen molar-refractivity contribution in [3.8, 4) is 0 Å². The second-order valence-electron chi connectivity index (χ2n) is 9.06. The first-order chi connectivity index (χ1) is 15.1. The van der Waals surface area contributed by atoms with Crippen LogP contribution in [0.25, 0.3) is 0 Å². The summed E-state index contributed by atoms with van der Waals surface area (Å²) in [6.07, 6.45) is 8.19. The summed E-state index contributed by atoms with van der Waals surface area (Å²) in [7, 11) is 3.49. The molecule has 0 aromatic rings. The minimum absolute atomic E-state index is 0.00721. The molecule has 8 nitrogen and oxygen atoms in total. The van der Waals surface area contributed by atoms with Crippen molar-refractivity contribution >= 4 is 24.1 Å². The van der Waals surface area contributed by atoms with E-state index in [9.17, 15) is 19.2 Å². The van der Waals surface area contributed by atoms with Gasteiger partial charge in [0, 0.05) is 32.8 Å². The van der Waals surface area contributed by atoms with Gasteiger partial charge in [-0.3, -0.25) is 19.2 Å². The van der Waals surface area contributed by atoms with Crippen molar-refractivity contribution < 1.29 is 19.2 Å². The maximum Gasteiger partial charge on any atom is 0.249 e. The van der Waals surface area contributed by atoms with Gasteiger partial charge in [0.2, 0.25) is 24.1 Å². The summed E-state index contributed by atoms with van der Waals surface area (Å²) in [5.74, 6) is -0.301. The maximum absolute atomic E-state index is 13.2. The number of likely N-dealkylation sites (N-methyl/N-ethyl adjacent to an activating group) is 2. The zero-order valence-corrected chi connectivity index (χ0v) is 20.7. The van der Waals surface area contributed by atoms with E-state index in [2.05, 4.69) is 12.2 Å². The molecule has 0 unspecified atom stereocenters. The summed E-state index contributed by atoms with van der Waals surface area (Å²) >= 11 is 0. The van der Waals surface area contributed by atoms with Crippen LogP contribution in [0, 0.1) is 5.92 Å². The van der Waals surface area contributed by atoms with Crippen molar-refractivity contribution in [1.29, 1.82) is 0 Å². The number of unbranched alkanes of at least 4 members (excludes halogenated alkanes) is 3. The third-order valence-electron chi connectivity index (χ3n) is 6.14. The number of carbonyl (C=O) groups is 4. The quantitative estimate of drug-likeness (QED) is 0.265. The molecule has 0 bridgehead atoms. The van der Waals surface area contributed by atoms with Gasteiger partial charge in [-0.05, 0) is 32.1 Å². The summed E-state index contributed by atoms with van der Waals surface area (Å²) in [5, 5.41) is 2.38. The molecule has 0 aromatic carbocycles. The first kappa shape index (κ1) is 27.7. The monoisotopic (exact) mass is 450 g/mol. The second kappa shape index (κ2) is 13.9. The van der Waals surface area contributed by atoms with Crippen LogP contribution in [0.4, 0.5) is 0 Å². The standard InChI is InChI=1S/C24H42N4O4/c1-7-8-9-10-13-26(5)24(32)20-12-11-14-28(20)23(31)19(4)15-21(18(2)3)27(6)22(30)16-25-17-29/h15,17-18,20-21H,7-14,16H2,1-6H3,(H,25,29)/t20-,21+/m0/s1. The van der Waals surface area contributed by atoms with Crippen LogP contribution in [0.3, 0.4) is 0 Å². The molecule has 1 aliphatic rings. The van der Waals surface area contributed by atoms with E-state index in [1.807, 2.05) is 20.9 Å². The third kappa shape index (κ3) is 7.95. The summed E-state index contributed by atoms with van der Waals surface area (Å²) in [6.45, 7) is 9.05. The summed E-state index contributed by atoms with van der Waals surface area (Å²) in [4.78, 5) is 54.0. The van der Waals surface area contributed by atoms with Crippen molar-refractivity contribution in [3.05, 3.63) is 11.6 Å². The van der Waals surface area contributed by atoms with Crippen LogP contribution in [0.5, 0.6) is 0 Å². The molecule has 1 N–H and O–H groups in total.